The molecule has 0 heterocycles. The van der Waals surface area contributed by atoms with Crippen LogP contribution in [0.3, 0.4) is 0 Å². The van der Waals surface area contributed by atoms with Gasteiger partial charge in [0.1, 0.15) is 4.90 Å². The number of hydrogen-bond donors (Lipinski definition) is 2. The highest BCUT2D eigenvalue weighted by molar-refractivity contribution is 7.89. The van der Waals surface area contributed by atoms with Crippen molar-refractivity contribution in [2.24, 2.45) is 5.92 Å². The van der Waals surface area contributed by atoms with Gasteiger partial charge >= 0.3 is 0 Å². The zero-order valence-corrected chi connectivity index (χ0v) is 13.3. The minimum absolute atomic E-state index is 0.136. The summed E-state index contributed by atoms with van der Waals surface area (Å²) >= 11 is 0. The van der Waals surface area contributed by atoms with Crippen molar-refractivity contribution >= 4 is 15.7 Å². The Hall–Kier alpha value is -1.07. The Balaban J connectivity index is 1.81. The van der Waals surface area contributed by atoms with Crippen LogP contribution in [-0.2, 0) is 10.0 Å². The lowest BCUT2D eigenvalue weighted by atomic mass is 9.86. The molecule has 21 heavy (non-hydrogen) atoms. The molecule has 0 radical (unpaired) electrons. The Kier molecular flexibility index (Phi) is 4.22. The van der Waals surface area contributed by atoms with Crippen LogP contribution in [0.5, 0.6) is 0 Å². The van der Waals surface area contributed by atoms with Gasteiger partial charge in [-0.1, -0.05) is 31.9 Å². The largest absolute Gasteiger partial charge is 0.381 e. The van der Waals surface area contributed by atoms with Crippen molar-refractivity contribution < 1.29 is 8.42 Å². The first-order chi connectivity index (χ1) is 10.1. The lowest BCUT2D eigenvalue weighted by Crippen LogP contribution is -2.32. The maximum atomic E-state index is 12.5. The lowest BCUT2D eigenvalue weighted by molar-refractivity contribution is 0.349. The Morgan fingerprint density at radius 1 is 1.05 bits per heavy atom. The number of benzene rings is 1. The third kappa shape index (κ3) is 3.58. The van der Waals surface area contributed by atoms with Crippen molar-refractivity contribution in [3.05, 3.63) is 24.3 Å². The van der Waals surface area contributed by atoms with Crippen LogP contribution >= 0.6 is 0 Å². The van der Waals surface area contributed by atoms with E-state index in [0.29, 0.717) is 16.9 Å². The van der Waals surface area contributed by atoms with Crippen LogP contribution in [0.2, 0.25) is 0 Å². The standard InChI is InChI=1S/C16H24N2O2S/c1-12-6-2-3-7-14(12)17-15-8-4-5-9-16(15)21(19,20)18-13-10-11-13/h4-5,8-9,12-14,17-18H,2-3,6-7,10-11H2,1H3. The molecular formula is C16H24N2O2S. The summed E-state index contributed by atoms with van der Waals surface area (Å²) in [6, 6.07) is 7.76. The van der Waals surface area contributed by atoms with E-state index in [2.05, 4.69) is 17.0 Å². The van der Waals surface area contributed by atoms with Crippen molar-refractivity contribution in [2.75, 3.05) is 5.32 Å². The average Bonchev–Trinajstić information content (AvgIpc) is 3.25. The van der Waals surface area contributed by atoms with Crippen molar-refractivity contribution in [3.8, 4) is 0 Å². The molecule has 0 aliphatic heterocycles. The van der Waals surface area contributed by atoms with Gasteiger partial charge in [-0.15, -0.1) is 0 Å². The van der Waals surface area contributed by atoms with E-state index >= 15 is 0 Å². The highest BCUT2D eigenvalue weighted by Crippen LogP contribution is 2.30. The second kappa shape index (κ2) is 5.97. The first-order valence-corrected chi connectivity index (χ1v) is 9.42. The van der Waals surface area contributed by atoms with E-state index in [9.17, 15) is 8.42 Å². The van der Waals surface area contributed by atoms with Gasteiger partial charge in [0.15, 0.2) is 0 Å². The zero-order chi connectivity index (χ0) is 14.9. The first-order valence-electron chi connectivity index (χ1n) is 7.94. The summed E-state index contributed by atoms with van der Waals surface area (Å²) in [5, 5.41) is 3.48. The van der Waals surface area contributed by atoms with Crippen molar-refractivity contribution in [2.45, 2.75) is 62.4 Å². The molecule has 1 aromatic rings. The number of rotatable bonds is 5. The Bertz CT molecular complexity index is 596. The summed E-state index contributed by atoms with van der Waals surface area (Å²) in [6.07, 6.45) is 6.74. The molecule has 2 atom stereocenters. The minimum atomic E-state index is -3.41. The van der Waals surface area contributed by atoms with Gasteiger partial charge in [-0.25, -0.2) is 13.1 Å². The first kappa shape index (κ1) is 14.9. The lowest BCUT2D eigenvalue weighted by Gasteiger charge is -2.31. The molecular weight excluding hydrogens is 284 g/mol. The Morgan fingerprint density at radius 2 is 1.76 bits per heavy atom. The van der Waals surface area contributed by atoms with Gasteiger partial charge in [-0.2, -0.15) is 0 Å². The van der Waals surface area contributed by atoms with Gasteiger partial charge in [0.05, 0.1) is 5.69 Å². The fourth-order valence-corrected chi connectivity index (χ4v) is 4.51. The molecule has 1 aromatic carbocycles. The van der Waals surface area contributed by atoms with Gasteiger partial charge < -0.3 is 5.32 Å². The fourth-order valence-electron chi connectivity index (χ4n) is 3.03. The van der Waals surface area contributed by atoms with Crippen LogP contribution in [0, 0.1) is 5.92 Å². The molecule has 2 aliphatic rings. The zero-order valence-electron chi connectivity index (χ0n) is 12.5. The summed E-state index contributed by atoms with van der Waals surface area (Å²) in [6.45, 7) is 2.25. The molecule has 0 bridgehead atoms. The molecule has 0 saturated heterocycles. The van der Waals surface area contributed by atoms with E-state index in [-0.39, 0.29) is 6.04 Å². The highest BCUT2D eigenvalue weighted by atomic mass is 32.2. The molecule has 4 nitrogen and oxygen atoms in total. The Morgan fingerprint density at radius 3 is 2.48 bits per heavy atom. The van der Waals surface area contributed by atoms with Crippen LogP contribution in [0.1, 0.15) is 45.4 Å². The fraction of sp³-hybridized carbons (Fsp3) is 0.625. The van der Waals surface area contributed by atoms with Gasteiger partial charge in [0.2, 0.25) is 10.0 Å². The third-order valence-corrected chi connectivity index (χ3v) is 6.11. The predicted molar refractivity (Wildman–Crippen MR) is 84.8 cm³/mol. The summed E-state index contributed by atoms with van der Waals surface area (Å²) in [5.74, 6) is 0.589. The Labute approximate surface area is 127 Å². The van der Waals surface area contributed by atoms with Crippen LogP contribution < -0.4 is 10.0 Å². The van der Waals surface area contributed by atoms with Gasteiger partial charge in [-0.3, -0.25) is 0 Å². The topological polar surface area (TPSA) is 58.2 Å². The molecule has 0 aromatic heterocycles. The molecule has 2 unspecified atom stereocenters. The van der Waals surface area contributed by atoms with E-state index in [1.807, 2.05) is 12.1 Å². The molecule has 2 fully saturated rings. The number of hydrogen-bond acceptors (Lipinski definition) is 3. The second-order valence-corrected chi connectivity index (χ2v) is 8.09. The third-order valence-electron chi connectivity index (χ3n) is 4.53. The minimum Gasteiger partial charge on any atom is -0.381 e. The second-order valence-electron chi connectivity index (χ2n) is 6.40. The smallest absolute Gasteiger partial charge is 0.242 e. The molecule has 2 N–H and O–H groups in total. The van der Waals surface area contributed by atoms with Gasteiger partial charge in [0, 0.05) is 12.1 Å². The molecule has 3 rings (SSSR count). The molecule has 2 aliphatic carbocycles. The maximum Gasteiger partial charge on any atom is 0.242 e. The molecule has 2 saturated carbocycles. The number of sulfonamides is 1. The van der Waals surface area contributed by atoms with Crippen molar-refractivity contribution in [1.29, 1.82) is 0 Å². The number of para-hydroxylation sites is 1. The van der Waals surface area contributed by atoms with Crippen LogP contribution in [0.4, 0.5) is 5.69 Å². The molecule has 5 heteroatoms. The average molecular weight is 308 g/mol. The summed E-state index contributed by atoms with van der Waals surface area (Å²) in [7, 11) is -3.41. The van der Waals surface area contributed by atoms with Crippen molar-refractivity contribution in [3.63, 3.8) is 0 Å². The summed E-state index contributed by atoms with van der Waals surface area (Å²) < 4.78 is 27.7. The SMILES string of the molecule is CC1CCCCC1Nc1ccccc1S(=O)(=O)NC1CC1. The van der Waals surface area contributed by atoms with Gasteiger partial charge in [0.25, 0.3) is 0 Å². The summed E-state index contributed by atoms with van der Waals surface area (Å²) in [5.41, 5.74) is 0.740. The van der Waals surface area contributed by atoms with E-state index in [4.69, 9.17) is 0 Å². The predicted octanol–water partition coefficient (Wildman–Crippen LogP) is 3.12. The van der Waals surface area contributed by atoms with Crippen LogP contribution in [-0.4, -0.2) is 20.5 Å². The monoisotopic (exact) mass is 308 g/mol. The number of nitrogens with one attached hydrogen (secondary N) is 2. The molecule has 0 amide bonds. The summed E-state index contributed by atoms with van der Waals surface area (Å²) in [4.78, 5) is 0.384. The van der Waals surface area contributed by atoms with E-state index in [1.54, 1.807) is 12.1 Å². The number of anilines is 1. The van der Waals surface area contributed by atoms with Gasteiger partial charge in [-0.05, 0) is 43.7 Å². The van der Waals surface area contributed by atoms with Crippen molar-refractivity contribution in [1.82, 2.24) is 4.72 Å². The quantitative estimate of drug-likeness (QED) is 0.878. The van der Waals surface area contributed by atoms with Crippen LogP contribution in [0.15, 0.2) is 29.2 Å². The maximum absolute atomic E-state index is 12.5. The van der Waals surface area contributed by atoms with Crippen LogP contribution in [0.25, 0.3) is 0 Å². The van der Waals surface area contributed by atoms with E-state index < -0.39 is 10.0 Å². The normalized spacial score (nSPS) is 26.5. The molecule has 0 spiro atoms. The van der Waals surface area contributed by atoms with E-state index in [0.717, 1.165) is 24.9 Å². The van der Waals surface area contributed by atoms with E-state index in [1.165, 1.54) is 19.3 Å². The molecule has 116 valence electrons. The highest BCUT2D eigenvalue weighted by Gasteiger charge is 2.30.